The number of aromatic nitrogens is 6. The molecule has 0 bridgehead atoms. The van der Waals surface area contributed by atoms with Gasteiger partial charge in [-0.1, -0.05) is 46.4 Å². The van der Waals surface area contributed by atoms with Crippen LogP contribution in [0.3, 0.4) is 0 Å². The Morgan fingerprint density at radius 3 is 1.65 bits per heavy atom. The number of anilines is 1. The molecule has 0 fully saturated rings. The summed E-state index contributed by atoms with van der Waals surface area (Å²) in [6, 6.07) is 9.96. The van der Waals surface area contributed by atoms with Crippen molar-refractivity contribution in [2.24, 2.45) is 0 Å². The van der Waals surface area contributed by atoms with Crippen molar-refractivity contribution >= 4 is 156 Å². The Hall–Kier alpha value is -1.78. The zero-order valence-electron chi connectivity index (χ0n) is 20.8. The molecule has 0 unspecified atom stereocenters. The molecule has 6 aromatic rings. The maximum absolute atomic E-state index is 11.3. The molecular formula is C24H13Br3Cl6N8O2. The quantitative estimate of drug-likeness (QED) is 0.0861. The molecule has 3 heterocycles. The fourth-order valence-corrected chi connectivity index (χ4v) is 6.76. The molecule has 3 aromatic heterocycles. The lowest BCUT2D eigenvalue weighted by Crippen LogP contribution is -2.21. The highest BCUT2D eigenvalue weighted by atomic mass is 79.9. The smallest absolute Gasteiger partial charge is 0.326 e. The highest BCUT2D eigenvalue weighted by Crippen LogP contribution is 2.32. The molecule has 0 amide bonds. The van der Waals surface area contributed by atoms with Crippen LogP contribution in [0.1, 0.15) is 0 Å². The fourth-order valence-electron chi connectivity index (χ4n) is 3.44. The molecule has 0 radical (unpaired) electrons. The maximum atomic E-state index is 11.3. The Bertz CT molecular complexity index is 1940. The highest BCUT2D eigenvalue weighted by molar-refractivity contribution is 9.11. The second kappa shape index (κ2) is 15.0. The van der Waals surface area contributed by atoms with Gasteiger partial charge in [-0.2, -0.15) is 0 Å². The van der Waals surface area contributed by atoms with Crippen molar-refractivity contribution in [3.8, 4) is 0 Å². The van der Waals surface area contributed by atoms with E-state index in [-0.39, 0.29) is 16.7 Å². The lowest BCUT2D eigenvalue weighted by atomic mass is 10.2. The molecule has 43 heavy (non-hydrogen) atoms. The fraction of sp³-hybridized carbons (Fsp3) is 0. The number of hydrogen-bond donors (Lipinski definition) is 4. The molecule has 0 aliphatic heterocycles. The first kappa shape index (κ1) is 35.7. The predicted octanol–water partition coefficient (Wildman–Crippen LogP) is 9.43. The first-order valence-electron chi connectivity index (χ1n) is 10.9. The van der Waals surface area contributed by atoms with Crippen LogP contribution in [0.5, 0.6) is 0 Å². The van der Waals surface area contributed by atoms with Crippen molar-refractivity contribution in [1.29, 1.82) is 0 Å². The molecule has 6 rings (SSSR count). The van der Waals surface area contributed by atoms with Crippen molar-refractivity contribution in [2.45, 2.75) is 0 Å². The second-order valence-electron chi connectivity index (χ2n) is 7.95. The van der Waals surface area contributed by atoms with E-state index in [0.29, 0.717) is 63.2 Å². The van der Waals surface area contributed by atoms with Gasteiger partial charge in [0.15, 0.2) is 0 Å². The summed E-state index contributed by atoms with van der Waals surface area (Å²) in [7, 11) is 0. The van der Waals surface area contributed by atoms with Crippen LogP contribution in [-0.4, -0.2) is 29.9 Å². The first-order chi connectivity index (χ1) is 19.7. The molecule has 19 heteroatoms. The Balaban J connectivity index is 0.000000175. The molecule has 3 aromatic carbocycles. The van der Waals surface area contributed by atoms with Gasteiger partial charge in [0.1, 0.15) is 11.0 Å². The number of nitrogen functional groups attached to an aromatic ring is 1. The topological polar surface area (TPSA) is 178 Å². The van der Waals surface area contributed by atoms with E-state index in [1.807, 2.05) is 0 Å². The van der Waals surface area contributed by atoms with Gasteiger partial charge in [0.05, 0.1) is 21.9 Å². The molecule has 0 atom stereocenters. The van der Waals surface area contributed by atoms with E-state index in [1.165, 1.54) is 6.07 Å². The zero-order valence-corrected chi connectivity index (χ0v) is 30.0. The summed E-state index contributed by atoms with van der Waals surface area (Å²) < 4.78 is 2.07. The van der Waals surface area contributed by atoms with E-state index in [2.05, 4.69) is 77.7 Å². The van der Waals surface area contributed by atoms with Crippen LogP contribution in [0.4, 0.5) is 5.82 Å². The van der Waals surface area contributed by atoms with Crippen molar-refractivity contribution in [3.05, 3.63) is 101 Å². The minimum absolute atomic E-state index is 0. The molecular weight excluding hydrogens is 885 g/mol. The molecule has 0 aliphatic carbocycles. The number of fused-ring (bicyclic) bond motifs is 3. The summed E-state index contributed by atoms with van der Waals surface area (Å²) in [5, 5.41) is 3.82. The minimum Gasteiger partial charge on any atom is -0.383 e. The Labute approximate surface area is 296 Å². The van der Waals surface area contributed by atoms with Crippen molar-refractivity contribution in [2.75, 3.05) is 5.73 Å². The van der Waals surface area contributed by atoms with Gasteiger partial charge in [-0.15, -0.1) is 0 Å². The zero-order chi connectivity index (χ0) is 30.9. The third-order valence-corrected chi connectivity index (χ3v) is 8.25. The lowest BCUT2D eigenvalue weighted by Gasteiger charge is -2.03. The van der Waals surface area contributed by atoms with Crippen LogP contribution >= 0.6 is 117 Å². The summed E-state index contributed by atoms with van der Waals surface area (Å²) in [4.78, 5) is 42.7. The minimum atomic E-state index is -0.537. The molecule has 224 valence electrons. The molecule has 10 nitrogen and oxygen atoms in total. The summed E-state index contributed by atoms with van der Waals surface area (Å²) in [5.41, 5.74) is 6.45. The number of halogens is 9. The average Bonchev–Trinajstić information content (AvgIpc) is 2.87. The van der Waals surface area contributed by atoms with Gasteiger partial charge < -0.3 is 16.9 Å². The number of rotatable bonds is 0. The SMILES string of the molecule is Clc1cc(Br)c2nc(Cl)nc(Cl)c2c1.N.Nc1nc(Cl)nc2c(Br)cc(Cl)cc12.O=c1[nH]c(=O)c2cc(Cl)cc(Br)c2[nH]1. The van der Waals surface area contributed by atoms with E-state index >= 15 is 0 Å². The average molecular weight is 898 g/mol. The highest BCUT2D eigenvalue weighted by Gasteiger charge is 2.10. The summed E-state index contributed by atoms with van der Waals surface area (Å²) in [6.07, 6.45) is 0. The van der Waals surface area contributed by atoms with Gasteiger partial charge in [-0.3, -0.25) is 9.78 Å². The van der Waals surface area contributed by atoms with E-state index in [0.717, 1.165) is 8.95 Å². The van der Waals surface area contributed by atoms with E-state index < -0.39 is 11.2 Å². The van der Waals surface area contributed by atoms with E-state index in [4.69, 9.17) is 75.3 Å². The molecule has 0 spiro atoms. The van der Waals surface area contributed by atoms with Crippen molar-refractivity contribution in [3.63, 3.8) is 0 Å². The first-order valence-corrected chi connectivity index (χ1v) is 15.5. The normalized spacial score (nSPS) is 10.5. The van der Waals surface area contributed by atoms with E-state index in [1.54, 1.807) is 30.3 Å². The number of aromatic amines is 2. The maximum Gasteiger partial charge on any atom is 0.326 e. The van der Waals surface area contributed by atoms with Crippen LogP contribution < -0.4 is 23.1 Å². The van der Waals surface area contributed by atoms with Crippen molar-refractivity contribution < 1.29 is 0 Å². The molecule has 7 N–H and O–H groups in total. The van der Waals surface area contributed by atoms with Gasteiger partial charge in [-0.25, -0.2) is 24.7 Å². The second-order valence-corrected chi connectivity index (χ2v) is 12.9. The van der Waals surface area contributed by atoms with Gasteiger partial charge in [-0.05, 0) is 107 Å². The Morgan fingerprint density at radius 2 is 1.07 bits per heavy atom. The third kappa shape index (κ3) is 8.69. The largest absolute Gasteiger partial charge is 0.383 e. The van der Waals surface area contributed by atoms with Crippen LogP contribution in [0, 0.1) is 0 Å². The lowest BCUT2D eigenvalue weighted by molar-refractivity contribution is 1.08. The molecule has 0 aliphatic rings. The van der Waals surface area contributed by atoms with Gasteiger partial charge in [0.25, 0.3) is 5.56 Å². The van der Waals surface area contributed by atoms with Gasteiger partial charge >= 0.3 is 5.69 Å². The molecule has 0 saturated carbocycles. The Kier molecular flexibility index (Phi) is 12.5. The summed E-state index contributed by atoms with van der Waals surface area (Å²) in [5.74, 6) is 0.322. The van der Waals surface area contributed by atoms with Crippen LogP contribution in [0.2, 0.25) is 30.8 Å². The number of hydrogen-bond acceptors (Lipinski definition) is 8. The van der Waals surface area contributed by atoms with Crippen molar-refractivity contribution in [1.82, 2.24) is 36.1 Å². The van der Waals surface area contributed by atoms with Crippen LogP contribution in [-0.2, 0) is 0 Å². The van der Waals surface area contributed by atoms with Crippen LogP contribution in [0.15, 0.2) is 59.4 Å². The Morgan fingerprint density at radius 1 is 0.605 bits per heavy atom. The monoisotopic (exact) mass is 892 g/mol. The van der Waals surface area contributed by atoms with Crippen LogP contribution in [0.25, 0.3) is 32.7 Å². The van der Waals surface area contributed by atoms with Gasteiger partial charge in [0.2, 0.25) is 10.6 Å². The number of nitrogens with one attached hydrogen (secondary N) is 2. The van der Waals surface area contributed by atoms with E-state index in [9.17, 15) is 9.59 Å². The van der Waals surface area contributed by atoms with Gasteiger partial charge in [0, 0.05) is 39.3 Å². The number of nitrogens with two attached hydrogens (primary N) is 1. The summed E-state index contributed by atoms with van der Waals surface area (Å²) in [6.45, 7) is 0. The number of H-pyrrole nitrogens is 2. The number of benzene rings is 3. The summed E-state index contributed by atoms with van der Waals surface area (Å²) >= 11 is 44.6. The standard InChI is InChI=1S/C8H2BrCl3N2.C8H4BrCl2N3.C8H4BrClN2O2.H3N/c9-5-2-3(10)1-4-6(5)13-8(12)14-7(4)11;9-5-2-3(10)1-4-6(5)13-8(11)14-7(4)12;9-5-2-3(10)1-4-6(5)11-8(14)12-7(4)13;/h1-2H;1-2H,(H2,12,13,14);1-2H,(H2,11,12,13,14);1H3. The molecule has 0 saturated heterocycles. The predicted molar refractivity (Wildman–Crippen MR) is 187 cm³/mol. The number of nitrogens with zero attached hydrogens (tertiary/aromatic N) is 4. The third-order valence-electron chi connectivity index (χ3n) is 5.13.